The molecule has 3 atom stereocenters. The Morgan fingerprint density at radius 3 is 2.06 bits per heavy atom. The number of rotatable bonds is 9. The van der Waals surface area contributed by atoms with Crippen molar-refractivity contribution in [3.63, 3.8) is 0 Å². The lowest BCUT2D eigenvalue weighted by Crippen LogP contribution is -2.38. The number of ether oxygens (including phenoxy) is 2. The molecule has 0 heterocycles. The smallest absolute Gasteiger partial charge is 0.306 e. The topological polar surface area (TPSA) is 114 Å². The van der Waals surface area contributed by atoms with Crippen molar-refractivity contribution in [1.29, 1.82) is 0 Å². The van der Waals surface area contributed by atoms with E-state index in [1.807, 2.05) is 49.4 Å². The standard InChI is InChI=1S/C27H26N2O6/c1-17-5-9-20(10-6-17)34-22-3-2-4-23(15-22)35-21-11-7-19(8-12-21)29-26(31)24-13-18(27(32)33)14-25(24)28-16-30/h2-12,15-16,18,24-25H,13-14H2,1H3,(H,28,30)(H,29,31)(H,32,33). The van der Waals surface area contributed by atoms with Crippen molar-refractivity contribution in [2.45, 2.75) is 25.8 Å². The van der Waals surface area contributed by atoms with Crippen LogP contribution in [0.3, 0.4) is 0 Å². The van der Waals surface area contributed by atoms with E-state index in [1.165, 1.54) is 0 Å². The average Bonchev–Trinajstić information content (AvgIpc) is 3.27. The largest absolute Gasteiger partial charge is 0.481 e. The Balaban J connectivity index is 1.37. The fraction of sp³-hybridized carbons (Fsp3) is 0.222. The zero-order valence-corrected chi connectivity index (χ0v) is 19.1. The van der Waals surface area contributed by atoms with Gasteiger partial charge in [-0.15, -0.1) is 0 Å². The minimum atomic E-state index is -0.965. The highest BCUT2D eigenvalue weighted by atomic mass is 16.5. The molecule has 0 spiro atoms. The summed E-state index contributed by atoms with van der Waals surface area (Å²) in [4.78, 5) is 34.9. The molecule has 1 saturated carbocycles. The number of carbonyl (C=O) groups is 3. The maximum atomic E-state index is 12.7. The Hall–Kier alpha value is -4.33. The van der Waals surface area contributed by atoms with Gasteiger partial charge >= 0.3 is 5.97 Å². The van der Waals surface area contributed by atoms with Crippen LogP contribution in [-0.2, 0) is 14.4 Å². The Labute approximate surface area is 202 Å². The van der Waals surface area contributed by atoms with E-state index in [4.69, 9.17) is 9.47 Å². The lowest BCUT2D eigenvalue weighted by atomic mass is 10.0. The first-order valence-electron chi connectivity index (χ1n) is 11.3. The molecule has 8 nitrogen and oxygen atoms in total. The van der Waals surface area contributed by atoms with E-state index >= 15 is 0 Å². The number of nitrogens with one attached hydrogen (secondary N) is 2. The minimum Gasteiger partial charge on any atom is -0.481 e. The maximum Gasteiger partial charge on any atom is 0.306 e. The Kier molecular flexibility index (Phi) is 7.30. The van der Waals surface area contributed by atoms with Crippen LogP contribution in [-0.4, -0.2) is 29.4 Å². The van der Waals surface area contributed by atoms with E-state index in [9.17, 15) is 19.5 Å². The normalized spacial score (nSPS) is 18.9. The van der Waals surface area contributed by atoms with Gasteiger partial charge in [0.05, 0.1) is 11.8 Å². The van der Waals surface area contributed by atoms with E-state index < -0.39 is 23.8 Å². The molecule has 3 aromatic rings. The summed E-state index contributed by atoms with van der Waals surface area (Å²) in [5, 5.41) is 14.6. The quantitative estimate of drug-likeness (QED) is 0.386. The van der Waals surface area contributed by atoms with E-state index in [-0.39, 0.29) is 18.7 Å². The molecule has 3 N–H and O–H groups in total. The van der Waals surface area contributed by atoms with Crippen LogP contribution in [0.25, 0.3) is 0 Å². The number of carboxylic acids is 1. The maximum absolute atomic E-state index is 12.7. The second-order valence-corrected chi connectivity index (χ2v) is 8.51. The van der Waals surface area contributed by atoms with Crippen molar-refractivity contribution in [2.75, 3.05) is 5.32 Å². The van der Waals surface area contributed by atoms with Gasteiger partial charge in [0.2, 0.25) is 12.3 Å². The van der Waals surface area contributed by atoms with Crippen LogP contribution in [0.15, 0.2) is 72.8 Å². The van der Waals surface area contributed by atoms with Gasteiger partial charge in [-0.3, -0.25) is 14.4 Å². The van der Waals surface area contributed by atoms with E-state index in [2.05, 4.69) is 10.6 Å². The number of anilines is 1. The van der Waals surface area contributed by atoms with Crippen LogP contribution < -0.4 is 20.1 Å². The van der Waals surface area contributed by atoms with Gasteiger partial charge in [0.25, 0.3) is 0 Å². The second-order valence-electron chi connectivity index (χ2n) is 8.51. The Morgan fingerprint density at radius 2 is 1.49 bits per heavy atom. The first kappa shape index (κ1) is 23.8. The lowest BCUT2D eigenvalue weighted by molar-refractivity contribution is -0.141. The van der Waals surface area contributed by atoms with Crippen LogP contribution in [0.1, 0.15) is 18.4 Å². The highest BCUT2D eigenvalue weighted by molar-refractivity contribution is 5.94. The van der Waals surface area contributed by atoms with Crippen molar-refractivity contribution in [1.82, 2.24) is 5.32 Å². The number of hydrogen-bond donors (Lipinski definition) is 3. The zero-order valence-electron chi connectivity index (χ0n) is 19.1. The molecule has 0 aromatic heterocycles. The lowest BCUT2D eigenvalue weighted by Gasteiger charge is -2.18. The van der Waals surface area contributed by atoms with Crippen molar-refractivity contribution in [3.05, 3.63) is 78.4 Å². The highest BCUT2D eigenvalue weighted by Crippen LogP contribution is 2.33. The van der Waals surface area contributed by atoms with Crippen LogP contribution in [0.4, 0.5) is 5.69 Å². The van der Waals surface area contributed by atoms with Gasteiger partial charge in [0, 0.05) is 17.8 Å². The molecule has 35 heavy (non-hydrogen) atoms. The van der Waals surface area contributed by atoms with Gasteiger partial charge in [0.1, 0.15) is 23.0 Å². The molecule has 1 aliphatic carbocycles. The first-order chi connectivity index (χ1) is 16.9. The molecule has 3 unspecified atom stereocenters. The van der Waals surface area contributed by atoms with Crippen molar-refractivity contribution in [2.24, 2.45) is 11.8 Å². The minimum absolute atomic E-state index is 0.175. The molecule has 4 rings (SSSR count). The number of carbonyl (C=O) groups excluding carboxylic acids is 2. The number of benzene rings is 3. The third-order valence-electron chi connectivity index (χ3n) is 5.95. The zero-order chi connectivity index (χ0) is 24.8. The van der Waals surface area contributed by atoms with Gasteiger partial charge in [-0.25, -0.2) is 0 Å². The highest BCUT2D eigenvalue weighted by Gasteiger charge is 2.41. The number of aliphatic carboxylic acids is 1. The fourth-order valence-electron chi connectivity index (χ4n) is 4.12. The number of amides is 2. The molecular weight excluding hydrogens is 448 g/mol. The third-order valence-corrected chi connectivity index (χ3v) is 5.95. The second kappa shape index (κ2) is 10.7. The summed E-state index contributed by atoms with van der Waals surface area (Å²) in [7, 11) is 0. The van der Waals surface area contributed by atoms with Gasteiger partial charge in [-0.1, -0.05) is 23.8 Å². The SMILES string of the molecule is Cc1ccc(Oc2cccc(Oc3ccc(NC(=O)C4CC(C(=O)O)CC4NC=O)cc3)c2)cc1. The number of carboxylic acid groups (broad SMARTS) is 1. The summed E-state index contributed by atoms with van der Waals surface area (Å²) in [5.74, 6) is -0.0308. The number of hydrogen-bond acceptors (Lipinski definition) is 5. The van der Waals surface area contributed by atoms with Crippen molar-refractivity contribution >= 4 is 24.0 Å². The monoisotopic (exact) mass is 474 g/mol. The fourth-order valence-corrected chi connectivity index (χ4v) is 4.12. The molecule has 0 radical (unpaired) electrons. The average molecular weight is 475 g/mol. The van der Waals surface area contributed by atoms with Gasteiger partial charge in [-0.2, -0.15) is 0 Å². The summed E-state index contributed by atoms with van der Waals surface area (Å²) < 4.78 is 11.8. The summed E-state index contributed by atoms with van der Waals surface area (Å²) in [5.41, 5.74) is 1.70. The summed E-state index contributed by atoms with van der Waals surface area (Å²) in [6.45, 7) is 2.01. The molecule has 2 amide bonds. The predicted octanol–water partition coefficient (Wildman–Crippen LogP) is 4.74. The molecule has 3 aromatic carbocycles. The summed E-state index contributed by atoms with van der Waals surface area (Å²) in [6, 6.07) is 21.4. The van der Waals surface area contributed by atoms with E-state index in [0.29, 0.717) is 29.3 Å². The summed E-state index contributed by atoms with van der Waals surface area (Å²) in [6.07, 6.45) is 0.905. The van der Waals surface area contributed by atoms with Crippen LogP contribution in [0.5, 0.6) is 23.0 Å². The first-order valence-corrected chi connectivity index (χ1v) is 11.3. The van der Waals surface area contributed by atoms with Gasteiger partial charge in [0.15, 0.2) is 0 Å². The number of aryl methyl sites for hydroxylation is 1. The van der Waals surface area contributed by atoms with Crippen LogP contribution in [0, 0.1) is 18.8 Å². The van der Waals surface area contributed by atoms with E-state index in [0.717, 1.165) is 11.3 Å². The molecule has 0 saturated heterocycles. The third kappa shape index (κ3) is 6.17. The molecule has 8 heteroatoms. The summed E-state index contributed by atoms with van der Waals surface area (Å²) >= 11 is 0. The van der Waals surface area contributed by atoms with Gasteiger partial charge in [-0.05, 0) is 68.3 Å². The molecule has 180 valence electrons. The van der Waals surface area contributed by atoms with E-state index in [1.54, 1.807) is 30.3 Å². The van der Waals surface area contributed by atoms with Crippen molar-refractivity contribution in [3.8, 4) is 23.0 Å². The molecule has 0 aliphatic heterocycles. The molecule has 0 bridgehead atoms. The molecule has 1 fully saturated rings. The molecular formula is C27H26N2O6. The Morgan fingerprint density at radius 1 is 0.886 bits per heavy atom. The van der Waals surface area contributed by atoms with Crippen molar-refractivity contribution < 1.29 is 29.0 Å². The van der Waals surface area contributed by atoms with Crippen LogP contribution >= 0.6 is 0 Å². The Bertz CT molecular complexity index is 1190. The molecule has 1 aliphatic rings. The predicted molar refractivity (Wildman–Crippen MR) is 130 cm³/mol. The van der Waals surface area contributed by atoms with Crippen LogP contribution in [0.2, 0.25) is 0 Å². The van der Waals surface area contributed by atoms with Gasteiger partial charge < -0.3 is 25.2 Å².